The van der Waals surface area contributed by atoms with Gasteiger partial charge in [0.15, 0.2) is 0 Å². The summed E-state index contributed by atoms with van der Waals surface area (Å²) in [5.41, 5.74) is 4.34. The van der Waals surface area contributed by atoms with E-state index in [0.29, 0.717) is 11.6 Å². The highest BCUT2D eigenvalue weighted by atomic mass is 32.2. The molecule has 2 aromatic heterocycles. The van der Waals surface area contributed by atoms with E-state index in [-0.39, 0.29) is 10.8 Å². The maximum Gasteiger partial charge on any atom is 0.262 e. The van der Waals surface area contributed by atoms with Crippen LogP contribution in [0.1, 0.15) is 37.2 Å². The van der Waals surface area contributed by atoms with Gasteiger partial charge in [0, 0.05) is 23.3 Å². The van der Waals surface area contributed by atoms with Gasteiger partial charge in [-0.3, -0.25) is 9.71 Å². The van der Waals surface area contributed by atoms with Crippen LogP contribution in [0.5, 0.6) is 5.88 Å². The number of ether oxygens (including phenoxy) is 1. The zero-order valence-electron chi connectivity index (χ0n) is 18.4. The molecule has 4 aromatic rings. The maximum absolute atomic E-state index is 12.9. The summed E-state index contributed by atoms with van der Waals surface area (Å²) in [6.07, 6.45) is 8.54. The van der Waals surface area contributed by atoms with Gasteiger partial charge in [-0.2, -0.15) is 0 Å². The minimum atomic E-state index is -3.78. The molecule has 0 saturated heterocycles. The van der Waals surface area contributed by atoms with Crippen LogP contribution in [0.25, 0.3) is 22.0 Å². The monoisotopic (exact) mass is 459 g/mol. The Hall–Kier alpha value is -3.45. The average Bonchev–Trinajstić information content (AvgIpc) is 3.38. The van der Waals surface area contributed by atoms with Crippen molar-refractivity contribution in [1.29, 1.82) is 0 Å². The van der Waals surface area contributed by atoms with E-state index in [1.807, 2.05) is 18.3 Å². The lowest BCUT2D eigenvalue weighted by molar-refractivity contribution is 0.400. The van der Waals surface area contributed by atoms with Crippen molar-refractivity contribution in [2.45, 2.75) is 36.5 Å². The summed E-state index contributed by atoms with van der Waals surface area (Å²) in [7, 11) is -2.31. The van der Waals surface area contributed by atoms with E-state index in [4.69, 9.17) is 4.74 Å². The van der Waals surface area contributed by atoms with Crippen LogP contribution < -0.4 is 9.46 Å². The Labute approximate surface area is 193 Å². The van der Waals surface area contributed by atoms with Crippen LogP contribution >= 0.6 is 0 Å². The molecule has 0 spiro atoms. The highest BCUT2D eigenvalue weighted by Gasteiger charge is 2.21. The smallest absolute Gasteiger partial charge is 0.262 e. The van der Waals surface area contributed by atoms with E-state index in [1.54, 1.807) is 42.6 Å². The lowest BCUT2D eigenvalue weighted by Crippen LogP contribution is -2.14. The first-order chi connectivity index (χ1) is 16.0. The van der Waals surface area contributed by atoms with E-state index in [9.17, 15) is 8.42 Å². The molecule has 1 fully saturated rings. The van der Waals surface area contributed by atoms with E-state index in [1.165, 1.54) is 38.4 Å². The largest absolute Gasteiger partial charge is 0.480 e. The molecule has 33 heavy (non-hydrogen) atoms. The molecule has 0 atom stereocenters. The number of rotatable bonds is 6. The fraction of sp³-hybridized carbons (Fsp3) is 0.231. The van der Waals surface area contributed by atoms with Gasteiger partial charge in [-0.05, 0) is 66.3 Å². The van der Waals surface area contributed by atoms with Gasteiger partial charge in [0.2, 0.25) is 5.88 Å². The number of hydrogen-bond donors (Lipinski definition) is 1. The molecule has 2 heterocycles. The Balaban J connectivity index is 1.55. The van der Waals surface area contributed by atoms with Crippen LogP contribution in [-0.2, 0) is 10.0 Å². The average molecular weight is 460 g/mol. The quantitative estimate of drug-likeness (QED) is 0.396. The topological polar surface area (TPSA) is 81.2 Å². The molecule has 5 rings (SSSR count). The van der Waals surface area contributed by atoms with Gasteiger partial charge in [0.25, 0.3) is 10.0 Å². The molecule has 1 N–H and O–H groups in total. The van der Waals surface area contributed by atoms with Crippen LogP contribution in [-0.4, -0.2) is 25.5 Å². The van der Waals surface area contributed by atoms with Gasteiger partial charge in [-0.1, -0.05) is 37.1 Å². The molecule has 0 radical (unpaired) electrons. The summed E-state index contributed by atoms with van der Waals surface area (Å²) >= 11 is 0. The fourth-order valence-electron chi connectivity index (χ4n) is 4.59. The number of aromatic nitrogens is 2. The second-order valence-corrected chi connectivity index (χ2v) is 10.00. The van der Waals surface area contributed by atoms with Crippen LogP contribution in [0.2, 0.25) is 0 Å². The number of nitrogens with one attached hydrogen (secondary N) is 1. The molecule has 0 unspecified atom stereocenters. The minimum Gasteiger partial charge on any atom is -0.480 e. The van der Waals surface area contributed by atoms with Crippen LogP contribution in [0.3, 0.4) is 0 Å². The molecule has 168 valence electrons. The summed E-state index contributed by atoms with van der Waals surface area (Å²) in [4.78, 5) is 9.09. The molecular weight excluding hydrogens is 434 g/mol. The van der Waals surface area contributed by atoms with E-state index >= 15 is 0 Å². The van der Waals surface area contributed by atoms with Crippen molar-refractivity contribution in [2.24, 2.45) is 0 Å². The Kier molecular flexibility index (Phi) is 5.72. The predicted octanol–water partition coefficient (Wildman–Crippen LogP) is 5.76. The van der Waals surface area contributed by atoms with E-state index in [2.05, 4.69) is 26.8 Å². The lowest BCUT2D eigenvalue weighted by Gasteiger charge is -2.15. The van der Waals surface area contributed by atoms with Gasteiger partial charge in [-0.25, -0.2) is 13.4 Å². The summed E-state index contributed by atoms with van der Waals surface area (Å²) in [5.74, 6) is 0.778. The predicted molar refractivity (Wildman–Crippen MR) is 130 cm³/mol. The molecule has 2 aromatic carbocycles. The van der Waals surface area contributed by atoms with Crippen molar-refractivity contribution in [2.75, 3.05) is 11.8 Å². The van der Waals surface area contributed by atoms with Crippen molar-refractivity contribution in [3.05, 3.63) is 78.6 Å². The highest BCUT2D eigenvalue weighted by Crippen LogP contribution is 2.38. The molecule has 7 heteroatoms. The van der Waals surface area contributed by atoms with E-state index < -0.39 is 10.0 Å². The molecule has 1 aliphatic rings. The first-order valence-corrected chi connectivity index (χ1v) is 12.5. The van der Waals surface area contributed by atoms with Crippen molar-refractivity contribution in [3.8, 4) is 17.0 Å². The standard InChI is InChI=1S/C26H25N3O3S/c1-32-26-25(29-33(30,31)21-9-3-2-4-10-21)16-20(17-28-26)19-11-12-24-23(15-19)22(13-14-27-24)18-7-5-6-8-18/h2-4,9-18,29H,5-8H2,1H3. The number of methoxy groups -OCH3 is 1. The molecule has 0 aliphatic heterocycles. The third-order valence-corrected chi connectivity index (χ3v) is 7.63. The van der Waals surface area contributed by atoms with Gasteiger partial charge in [-0.15, -0.1) is 0 Å². The van der Waals surface area contributed by atoms with Gasteiger partial charge in [0.05, 0.1) is 17.5 Å². The highest BCUT2D eigenvalue weighted by molar-refractivity contribution is 7.92. The lowest BCUT2D eigenvalue weighted by atomic mass is 9.93. The fourth-order valence-corrected chi connectivity index (χ4v) is 5.66. The van der Waals surface area contributed by atoms with Gasteiger partial charge >= 0.3 is 0 Å². The zero-order chi connectivity index (χ0) is 22.8. The summed E-state index contributed by atoms with van der Waals surface area (Å²) in [6, 6.07) is 18.3. The number of hydrogen-bond acceptors (Lipinski definition) is 5. The Bertz CT molecular complexity index is 1400. The summed E-state index contributed by atoms with van der Waals surface area (Å²) in [6.45, 7) is 0. The number of pyridine rings is 2. The van der Waals surface area contributed by atoms with Crippen LogP contribution in [0, 0.1) is 0 Å². The van der Waals surface area contributed by atoms with Gasteiger partial charge in [0.1, 0.15) is 5.69 Å². The number of benzene rings is 2. The number of sulfonamides is 1. The Morgan fingerprint density at radius 1 is 0.939 bits per heavy atom. The Morgan fingerprint density at radius 2 is 1.73 bits per heavy atom. The summed E-state index contributed by atoms with van der Waals surface area (Å²) < 4.78 is 33.7. The minimum absolute atomic E-state index is 0.176. The van der Waals surface area contributed by atoms with Crippen molar-refractivity contribution < 1.29 is 13.2 Å². The Morgan fingerprint density at radius 3 is 2.48 bits per heavy atom. The first-order valence-electron chi connectivity index (χ1n) is 11.1. The number of fused-ring (bicyclic) bond motifs is 1. The molecule has 0 amide bonds. The van der Waals surface area contributed by atoms with Crippen LogP contribution in [0.15, 0.2) is 78.0 Å². The second kappa shape index (κ2) is 8.83. The molecule has 6 nitrogen and oxygen atoms in total. The SMILES string of the molecule is COc1ncc(-c2ccc3nccc(C4CCCC4)c3c2)cc1NS(=O)(=O)c1ccccc1. The molecule has 1 aliphatic carbocycles. The molecular formula is C26H25N3O3S. The maximum atomic E-state index is 12.9. The zero-order valence-corrected chi connectivity index (χ0v) is 19.2. The third kappa shape index (κ3) is 4.28. The van der Waals surface area contributed by atoms with Crippen molar-refractivity contribution >= 4 is 26.6 Å². The number of nitrogens with zero attached hydrogens (tertiary/aromatic N) is 2. The normalized spacial score (nSPS) is 14.5. The molecule has 1 saturated carbocycles. The second-order valence-electron chi connectivity index (χ2n) is 8.31. The third-order valence-electron chi connectivity index (χ3n) is 6.25. The van der Waals surface area contributed by atoms with E-state index in [0.717, 1.165) is 22.0 Å². The van der Waals surface area contributed by atoms with Crippen molar-refractivity contribution in [1.82, 2.24) is 9.97 Å². The van der Waals surface area contributed by atoms with Gasteiger partial charge < -0.3 is 4.74 Å². The summed E-state index contributed by atoms with van der Waals surface area (Å²) in [5, 5.41) is 1.14. The van der Waals surface area contributed by atoms with Crippen molar-refractivity contribution in [3.63, 3.8) is 0 Å². The first kappa shape index (κ1) is 21.4. The number of anilines is 1. The van der Waals surface area contributed by atoms with Crippen LogP contribution in [0.4, 0.5) is 5.69 Å². The molecule has 0 bridgehead atoms.